The normalized spacial score (nSPS) is 10.6. The molecule has 0 aliphatic rings. The highest BCUT2D eigenvalue weighted by Crippen LogP contribution is 2.28. The van der Waals surface area contributed by atoms with Gasteiger partial charge in [0.2, 0.25) is 0 Å². The van der Waals surface area contributed by atoms with E-state index in [-0.39, 0.29) is 5.69 Å². The van der Waals surface area contributed by atoms with E-state index in [1.54, 1.807) is 19.2 Å². The van der Waals surface area contributed by atoms with E-state index in [1.165, 1.54) is 10.6 Å². The number of nitrogens with zero attached hydrogens (tertiary/aromatic N) is 2. The highest BCUT2D eigenvalue weighted by molar-refractivity contribution is 7.99. The van der Waals surface area contributed by atoms with E-state index in [1.807, 2.05) is 0 Å². The Balaban J connectivity index is 2.34. The smallest absolute Gasteiger partial charge is 0.343 e. The van der Waals surface area contributed by atoms with Crippen molar-refractivity contribution in [3.05, 3.63) is 34.5 Å². The fourth-order valence-corrected chi connectivity index (χ4v) is 1.92. The van der Waals surface area contributed by atoms with Crippen LogP contribution in [0.15, 0.2) is 33.0 Å². The highest BCUT2D eigenvalue weighted by Gasteiger charge is 2.09. The number of hydrogen-bond donors (Lipinski definition) is 2. The Morgan fingerprint density at radius 2 is 2.31 bits per heavy atom. The van der Waals surface area contributed by atoms with Gasteiger partial charge in [0.1, 0.15) is 5.82 Å². The molecule has 0 atom stereocenters. The quantitative estimate of drug-likeness (QED) is 0.767. The number of hydrogen-bond acceptors (Lipinski definition) is 4. The molecule has 0 radical (unpaired) electrons. The van der Waals surface area contributed by atoms with Crippen molar-refractivity contribution in [1.29, 1.82) is 0 Å². The second kappa shape index (κ2) is 4.01. The van der Waals surface area contributed by atoms with Crippen molar-refractivity contribution in [2.24, 2.45) is 7.05 Å². The molecule has 2 aromatic rings. The van der Waals surface area contributed by atoms with Crippen molar-refractivity contribution in [3.63, 3.8) is 0 Å². The lowest BCUT2D eigenvalue weighted by molar-refractivity contribution is 0.602. The average molecular weight is 240 g/mol. The van der Waals surface area contributed by atoms with Crippen LogP contribution in [0, 0.1) is 5.82 Å². The Hall–Kier alpha value is -1.76. The van der Waals surface area contributed by atoms with Crippen molar-refractivity contribution in [3.8, 4) is 0 Å². The van der Waals surface area contributed by atoms with Crippen LogP contribution < -0.4 is 11.4 Å². The first-order valence-electron chi connectivity index (χ1n) is 4.42. The van der Waals surface area contributed by atoms with Crippen molar-refractivity contribution < 1.29 is 4.39 Å². The van der Waals surface area contributed by atoms with Crippen LogP contribution in [-0.2, 0) is 7.05 Å². The summed E-state index contributed by atoms with van der Waals surface area (Å²) in [5.41, 5.74) is 5.45. The number of halogens is 1. The predicted octanol–water partition coefficient (Wildman–Crippen LogP) is 0.981. The summed E-state index contributed by atoms with van der Waals surface area (Å²) in [4.78, 5) is 11.5. The minimum atomic E-state index is -0.430. The molecule has 3 N–H and O–H groups in total. The van der Waals surface area contributed by atoms with Crippen LogP contribution in [0.5, 0.6) is 0 Å². The molecule has 1 heterocycles. The van der Waals surface area contributed by atoms with Crippen LogP contribution >= 0.6 is 11.8 Å². The van der Waals surface area contributed by atoms with Crippen LogP contribution in [-0.4, -0.2) is 14.8 Å². The number of nitrogens with one attached hydrogen (secondary N) is 1. The third-order valence-corrected chi connectivity index (χ3v) is 3.09. The molecule has 0 aliphatic heterocycles. The maximum atomic E-state index is 13.4. The zero-order valence-electron chi connectivity index (χ0n) is 8.40. The fraction of sp³-hybridized carbons (Fsp3) is 0.111. The minimum Gasteiger partial charge on any atom is -0.399 e. The largest absolute Gasteiger partial charge is 0.399 e. The first kappa shape index (κ1) is 10.7. The summed E-state index contributed by atoms with van der Waals surface area (Å²) in [5.74, 6) is -0.430. The van der Waals surface area contributed by atoms with Gasteiger partial charge >= 0.3 is 5.69 Å². The third-order valence-electron chi connectivity index (χ3n) is 2.00. The second-order valence-corrected chi connectivity index (χ2v) is 4.17. The van der Waals surface area contributed by atoms with Gasteiger partial charge in [-0.05, 0) is 30.0 Å². The average Bonchev–Trinajstić information content (AvgIpc) is 2.54. The number of benzene rings is 1. The van der Waals surface area contributed by atoms with Crippen LogP contribution in [0.3, 0.4) is 0 Å². The fourth-order valence-electron chi connectivity index (χ4n) is 1.12. The maximum absolute atomic E-state index is 13.4. The molecule has 0 aliphatic carbocycles. The zero-order chi connectivity index (χ0) is 11.7. The number of aromatic amines is 1. The molecule has 2 rings (SSSR count). The summed E-state index contributed by atoms with van der Waals surface area (Å²) in [6.45, 7) is 0. The summed E-state index contributed by atoms with van der Waals surface area (Å²) < 4.78 is 14.8. The van der Waals surface area contributed by atoms with E-state index in [4.69, 9.17) is 5.73 Å². The summed E-state index contributed by atoms with van der Waals surface area (Å²) in [6, 6.07) is 4.37. The topological polar surface area (TPSA) is 76.7 Å². The van der Waals surface area contributed by atoms with Crippen molar-refractivity contribution in [2.75, 3.05) is 5.73 Å². The van der Waals surface area contributed by atoms with Crippen molar-refractivity contribution >= 4 is 17.4 Å². The van der Waals surface area contributed by atoms with Crippen LogP contribution in [0.2, 0.25) is 0 Å². The summed E-state index contributed by atoms with van der Waals surface area (Å²) in [5, 5.41) is 6.44. The van der Waals surface area contributed by atoms with Crippen molar-refractivity contribution in [1.82, 2.24) is 14.8 Å². The molecule has 7 heteroatoms. The first-order chi connectivity index (χ1) is 7.58. The van der Waals surface area contributed by atoms with E-state index in [9.17, 15) is 9.18 Å². The van der Waals surface area contributed by atoms with Gasteiger partial charge in [-0.15, -0.1) is 5.10 Å². The van der Waals surface area contributed by atoms with E-state index < -0.39 is 5.82 Å². The van der Waals surface area contributed by atoms with Gasteiger partial charge in [-0.3, -0.25) is 4.57 Å². The maximum Gasteiger partial charge on any atom is 0.343 e. The number of H-pyrrole nitrogens is 1. The molecule has 1 aromatic carbocycles. The highest BCUT2D eigenvalue weighted by atomic mass is 32.2. The number of anilines is 1. The molecule has 1 aromatic heterocycles. The molecule has 5 nitrogen and oxygen atoms in total. The summed E-state index contributed by atoms with van der Waals surface area (Å²) in [7, 11) is 1.56. The third kappa shape index (κ3) is 1.94. The summed E-state index contributed by atoms with van der Waals surface area (Å²) >= 11 is 1.06. The first-order valence-corrected chi connectivity index (χ1v) is 5.24. The van der Waals surface area contributed by atoms with Crippen molar-refractivity contribution in [2.45, 2.75) is 10.1 Å². The summed E-state index contributed by atoms with van der Waals surface area (Å²) in [6.07, 6.45) is 0. The molecule has 0 saturated carbocycles. The van der Waals surface area contributed by atoms with Gasteiger partial charge in [-0.25, -0.2) is 14.3 Å². The number of aromatic nitrogens is 3. The molecule has 0 fully saturated rings. The van der Waals surface area contributed by atoms with Gasteiger partial charge in [0.05, 0.1) is 4.90 Å². The Labute approximate surface area is 94.5 Å². The zero-order valence-corrected chi connectivity index (χ0v) is 9.21. The predicted molar refractivity (Wildman–Crippen MR) is 58.8 cm³/mol. The lowest BCUT2D eigenvalue weighted by Crippen LogP contribution is -2.12. The lowest BCUT2D eigenvalue weighted by Gasteiger charge is -2.02. The number of rotatable bonds is 2. The van der Waals surface area contributed by atoms with Gasteiger partial charge < -0.3 is 5.73 Å². The standard InChI is InChI=1S/C9H9FN4OS/c1-14-8(15)12-13-9(14)16-7-3-2-5(11)4-6(7)10/h2-4H,11H2,1H3,(H,12,15). The molecular formula is C9H9FN4OS. The molecule has 0 unspecified atom stereocenters. The molecule has 0 amide bonds. The second-order valence-electron chi connectivity index (χ2n) is 3.16. The van der Waals surface area contributed by atoms with Gasteiger partial charge in [-0.1, -0.05) is 0 Å². The Kier molecular flexibility index (Phi) is 2.69. The minimum absolute atomic E-state index is 0.335. The van der Waals surface area contributed by atoms with Gasteiger partial charge in [0, 0.05) is 12.7 Å². The molecular weight excluding hydrogens is 231 g/mol. The van der Waals surface area contributed by atoms with Gasteiger partial charge in [0.25, 0.3) is 0 Å². The van der Waals surface area contributed by atoms with Gasteiger partial charge in [0.15, 0.2) is 5.16 Å². The van der Waals surface area contributed by atoms with E-state index >= 15 is 0 Å². The van der Waals surface area contributed by atoms with E-state index in [0.29, 0.717) is 15.7 Å². The lowest BCUT2D eigenvalue weighted by atomic mass is 10.3. The van der Waals surface area contributed by atoms with E-state index in [0.717, 1.165) is 11.8 Å². The molecule has 16 heavy (non-hydrogen) atoms. The Morgan fingerprint density at radius 3 is 2.88 bits per heavy atom. The van der Waals surface area contributed by atoms with Crippen LogP contribution in [0.1, 0.15) is 0 Å². The van der Waals surface area contributed by atoms with Crippen LogP contribution in [0.4, 0.5) is 10.1 Å². The number of nitrogens with two attached hydrogens (primary N) is 1. The molecule has 0 spiro atoms. The molecule has 84 valence electrons. The molecule has 0 saturated heterocycles. The van der Waals surface area contributed by atoms with E-state index in [2.05, 4.69) is 10.2 Å². The number of nitrogen functional groups attached to an aromatic ring is 1. The van der Waals surface area contributed by atoms with Gasteiger partial charge in [-0.2, -0.15) is 0 Å². The Bertz CT molecular complexity index is 577. The monoisotopic (exact) mass is 240 g/mol. The Morgan fingerprint density at radius 1 is 1.56 bits per heavy atom. The van der Waals surface area contributed by atoms with Crippen LogP contribution in [0.25, 0.3) is 0 Å². The molecule has 0 bridgehead atoms. The SMILES string of the molecule is Cn1c(Sc2ccc(N)cc2F)n[nH]c1=O.